The Labute approximate surface area is 137 Å². The lowest BCUT2D eigenvalue weighted by Gasteiger charge is -2.25. The summed E-state index contributed by atoms with van der Waals surface area (Å²) in [7, 11) is 0. The molecule has 0 heterocycles. The summed E-state index contributed by atoms with van der Waals surface area (Å²) in [6, 6.07) is 8.59. The van der Waals surface area contributed by atoms with Crippen LogP contribution in [0, 0.1) is 17.2 Å². The molecular weight excluding hydrogens is 290 g/mol. The second kappa shape index (κ2) is 7.77. The number of nitrogens with zero attached hydrogens (tertiary/aromatic N) is 1. The van der Waals surface area contributed by atoms with E-state index in [0.29, 0.717) is 5.56 Å². The Morgan fingerprint density at radius 1 is 1.17 bits per heavy atom. The second-order valence-corrected chi connectivity index (χ2v) is 6.19. The van der Waals surface area contributed by atoms with Gasteiger partial charge in [0.05, 0.1) is 17.7 Å². The highest BCUT2D eigenvalue weighted by Gasteiger charge is 2.31. The molecule has 1 fully saturated rings. The molecule has 0 aliphatic heterocycles. The quantitative estimate of drug-likeness (QED) is 0.876. The number of hydrogen-bond acceptors (Lipinski definition) is 3. The van der Waals surface area contributed by atoms with Gasteiger partial charge in [0.25, 0.3) is 0 Å². The first-order valence-corrected chi connectivity index (χ1v) is 8.09. The van der Waals surface area contributed by atoms with Gasteiger partial charge in [-0.25, -0.2) is 0 Å². The van der Waals surface area contributed by atoms with Crippen molar-refractivity contribution in [2.75, 3.05) is 0 Å². The van der Waals surface area contributed by atoms with E-state index in [9.17, 15) is 9.59 Å². The Morgan fingerprint density at radius 3 is 2.30 bits per heavy atom. The van der Waals surface area contributed by atoms with Crippen molar-refractivity contribution >= 4 is 11.8 Å². The van der Waals surface area contributed by atoms with E-state index in [4.69, 9.17) is 5.26 Å². The van der Waals surface area contributed by atoms with E-state index < -0.39 is 6.04 Å². The summed E-state index contributed by atoms with van der Waals surface area (Å²) in [6.45, 7) is 3.35. The average molecular weight is 313 g/mol. The van der Waals surface area contributed by atoms with Crippen LogP contribution in [0.2, 0.25) is 0 Å². The minimum absolute atomic E-state index is 0.135. The lowest BCUT2D eigenvalue weighted by molar-refractivity contribution is -0.129. The van der Waals surface area contributed by atoms with Crippen LogP contribution >= 0.6 is 0 Å². The number of rotatable bonds is 5. The van der Waals surface area contributed by atoms with E-state index >= 15 is 0 Å². The molecule has 0 saturated heterocycles. The summed E-state index contributed by atoms with van der Waals surface area (Å²) in [5.41, 5.74) is 1.53. The van der Waals surface area contributed by atoms with Gasteiger partial charge in [0.15, 0.2) is 0 Å². The van der Waals surface area contributed by atoms with Crippen LogP contribution in [0.15, 0.2) is 24.3 Å². The van der Waals surface area contributed by atoms with Crippen molar-refractivity contribution in [3.8, 4) is 6.07 Å². The van der Waals surface area contributed by atoms with Gasteiger partial charge in [-0.3, -0.25) is 9.59 Å². The summed E-state index contributed by atoms with van der Waals surface area (Å²) >= 11 is 0. The Bertz CT molecular complexity index is 598. The molecule has 5 heteroatoms. The third-order valence-electron chi connectivity index (χ3n) is 4.41. The molecule has 2 unspecified atom stereocenters. The molecule has 1 aliphatic rings. The molecule has 0 radical (unpaired) electrons. The van der Waals surface area contributed by atoms with Gasteiger partial charge in [0.1, 0.15) is 6.04 Å². The van der Waals surface area contributed by atoms with Crippen molar-refractivity contribution in [1.29, 1.82) is 5.26 Å². The number of nitriles is 1. The third kappa shape index (κ3) is 4.56. The largest absolute Gasteiger partial charge is 0.348 e. The summed E-state index contributed by atoms with van der Waals surface area (Å²) < 4.78 is 0. The maximum Gasteiger partial charge on any atom is 0.243 e. The normalized spacial score (nSPS) is 17.1. The number of carbonyl (C=O) groups excluding carboxylic acids is 2. The van der Waals surface area contributed by atoms with Gasteiger partial charge in [-0.05, 0) is 43.4 Å². The SMILES string of the molecule is CC(=O)NC(C(=O)NC(C)c1ccc(C#N)cc1)C1CCCC1. The fourth-order valence-electron chi connectivity index (χ4n) is 3.14. The molecule has 122 valence electrons. The fourth-order valence-corrected chi connectivity index (χ4v) is 3.14. The summed E-state index contributed by atoms with van der Waals surface area (Å²) in [4.78, 5) is 24.0. The molecule has 1 aliphatic carbocycles. The van der Waals surface area contributed by atoms with Gasteiger partial charge < -0.3 is 10.6 Å². The summed E-state index contributed by atoms with van der Waals surface area (Å²) in [5.74, 6) is -0.0981. The topological polar surface area (TPSA) is 82.0 Å². The second-order valence-electron chi connectivity index (χ2n) is 6.19. The molecule has 0 spiro atoms. The van der Waals surface area contributed by atoms with Crippen molar-refractivity contribution in [1.82, 2.24) is 10.6 Å². The molecule has 1 aromatic rings. The number of benzene rings is 1. The predicted octanol–water partition coefficient (Wildman–Crippen LogP) is 2.43. The lowest BCUT2D eigenvalue weighted by atomic mass is 9.96. The number of nitrogens with one attached hydrogen (secondary N) is 2. The van der Waals surface area contributed by atoms with Gasteiger partial charge in [0, 0.05) is 6.92 Å². The van der Waals surface area contributed by atoms with Gasteiger partial charge in [-0.2, -0.15) is 5.26 Å². The smallest absolute Gasteiger partial charge is 0.243 e. The van der Waals surface area contributed by atoms with E-state index in [2.05, 4.69) is 16.7 Å². The summed E-state index contributed by atoms with van der Waals surface area (Å²) in [5, 5.41) is 14.6. The number of amides is 2. The molecular formula is C18H23N3O2. The molecule has 2 rings (SSSR count). The third-order valence-corrected chi connectivity index (χ3v) is 4.41. The van der Waals surface area contributed by atoms with E-state index in [1.54, 1.807) is 12.1 Å². The van der Waals surface area contributed by atoms with Crippen molar-refractivity contribution in [3.05, 3.63) is 35.4 Å². The van der Waals surface area contributed by atoms with Crippen LogP contribution in [-0.4, -0.2) is 17.9 Å². The van der Waals surface area contributed by atoms with Gasteiger partial charge in [0.2, 0.25) is 11.8 Å². The maximum absolute atomic E-state index is 12.6. The Kier molecular flexibility index (Phi) is 5.75. The van der Waals surface area contributed by atoms with Crippen molar-refractivity contribution in [2.45, 2.75) is 51.6 Å². The zero-order valence-electron chi connectivity index (χ0n) is 13.6. The van der Waals surface area contributed by atoms with Crippen LogP contribution in [0.3, 0.4) is 0 Å². The van der Waals surface area contributed by atoms with E-state index in [0.717, 1.165) is 31.2 Å². The van der Waals surface area contributed by atoms with Gasteiger partial charge in [-0.15, -0.1) is 0 Å². The first-order chi connectivity index (χ1) is 11.0. The van der Waals surface area contributed by atoms with Crippen LogP contribution in [-0.2, 0) is 9.59 Å². The van der Waals surface area contributed by atoms with E-state index in [1.165, 1.54) is 6.92 Å². The number of hydrogen-bond donors (Lipinski definition) is 2. The fraction of sp³-hybridized carbons (Fsp3) is 0.500. The molecule has 1 aromatic carbocycles. The van der Waals surface area contributed by atoms with Crippen molar-refractivity contribution in [3.63, 3.8) is 0 Å². The molecule has 2 amide bonds. The highest BCUT2D eigenvalue weighted by Crippen LogP contribution is 2.28. The van der Waals surface area contributed by atoms with Gasteiger partial charge >= 0.3 is 0 Å². The lowest BCUT2D eigenvalue weighted by Crippen LogP contribution is -2.50. The first kappa shape index (κ1) is 17.0. The molecule has 2 N–H and O–H groups in total. The monoisotopic (exact) mass is 313 g/mol. The maximum atomic E-state index is 12.6. The molecule has 23 heavy (non-hydrogen) atoms. The summed E-state index contributed by atoms with van der Waals surface area (Å²) in [6.07, 6.45) is 4.17. The molecule has 1 saturated carbocycles. The highest BCUT2D eigenvalue weighted by atomic mass is 16.2. The molecule has 5 nitrogen and oxygen atoms in total. The van der Waals surface area contributed by atoms with Crippen LogP contribution in [0.1, 0.15) is 56.7 Å². The Hall–Kier alpha value is -2.35. The molecule has 0 aromatic heterocycles. The van der Waals surface area contributed by atoms with Crippen LogP contribution in [0.25, 0.3) is 0 Å². The zero-order valence-corrected chi connectivity index (χ0v) is 13.6. The Balaban J connectivity index is 2.04. The predicted molar refractivity (Wildman–Crippen MR) is 87.3 cm³/mol. The van der Waals surface area contributed by atoms with Crippen LogP contribution in [0.5, 0.6) is 0 Å². The van der Waals surface area contributed by atoms with E-state index in [1.807, 2.05) is 19.1 Å². The number of carbonyl (C=O) groups is 2. The minimum Gasteiger partial charge on any atom is -0.348 e. The standard InChI is InChI=1S/C18H23N3O2/c1-12(15-9-7-14(11-19)8-10-15)20-18(23)17(21-13(2)22)16-5-3-4-6-16/h7-10,12,16-17H,3-6H2,1-2H3,(H,20,23)(H,21,22). The molecule has 2 atom stereocenters. The zero-order chi connectivity index (χ0) is 16.8. The molecule has 0 bridgehead atoms. The van der Waals surface area contributed by atoms with Crippen LogP contribution < -0.4 is 10.6 Å². The van der Waals surface area contributed by atoms with E-state index in [-0.39, 0.29) is 23.8 Å². The van der Waals surface area contributed by atoms with Crippen molar-refractivity contribution in [2.24, 2.45) is 5.92 Å². The van der Waals surface area contributed by atoms with Crippen molar-refractivity contribution < 1.29 is 9.59 Å². The first-order valence-electron chi connectivity index (χ1n) is 8.09. The van der Waals surface area contributed by atoms with Gasteiger partial charge in [-0.1, -0.05) is 25.0 Å². The minimum atomic E-state index is -0.462. The average Bonchev–Trinajstić information content (AvgIpc) is 3.06. The highest BCUT2D eigenvalue weighted by molar-refractivity contribution is 5.87. The van der Waals surface area contributed by atoms with Crippen LogP contribution in [0.4, 0.5) is 0 Å². The Morgan fingerprint density at radius 2 is 1.78 bits per heavy atom.